The van der Waals surface area contributed by atoms with Gasteiger partial charge in [0.25, 0.3) is 0 Å². The molecule has 0 aromatic heterocycles. The van der Waals surface area contributed by atoms with Gasteiger partial charge in [-0.3, -0.25) is 4.79 Å². The Morgan fingerprint density at radius 1 is 1.33 bits per heavy atom. The lowest BCUT2D eigenvalue weighted by Gasteiger charge is -2.18. The Balaban J connectivity index is 1.92. The zero-order valence-electron chi connectivity index (χ0n) is 7.25. The van der Waals surface area contributed by atoms with Gasteiger partial charge in [-0.25, -0.2) is 0 Å². The van der Waals surface area contributed by atoms with Crippen LogP contribution in [0.5, 0.6) is 0 Å². The van der Waals surface area contributed by atoms with Gasteiger partial charge in [0.05, 0.1) is 0 Å². The van der Waals surface area contributed by atoms with Crippen LogP contribution < -0.4 is 5.73 Å². The first kappa shape index (κ1) is 6.93. The van der Waals surface area contributed by atoms with Crippen molar-refractivity contribution in [2.75, 3.05) is 0 Å². The van der Waals surface area contributed by atoms with Crippen molar-refractivity contribution in [2.24, 2.45) is 28.9 Å². The summed E-state index contributed by atoms with van der Waals surface area (Å²) >= 11 is 0. The number of amides is 1. The van der Waals surface area contributed by atoms with E-state index in [2.05, 4.69) is 0 Å². The molecule has 0 aromatic carbocycles. The van der Waals surface area contributed by atoms with E-state index in [0.29, 0.717) is 11.3 Å². The lowest BCUT2D eigenvalue weighted by Crippen LogP contribution is -2.28. The molecule has 2 nitrogen and oxygen atoms in total. The zero-order chi connectivity index (χ0) is 8.34. The standard InChI is InChI=1S/C10H15NO/c11-9(12)7-5-6-1-2-8(7)10(6)3-4-10/h6-8H,1-5H2,(H2,11,12). The van der Waals surface area contributed by atoms with Crippen LogP contribution in [-0.4, -0.2) is 5.91 Å². The zero-order valence-corrected chi connectivity index (χ0v) is 7.25. The molecule has 2 bridgehead atoms. The van der Waals surface area contributed by atoms with Gasteiger partial charge in [0.15, 0.2) is 0 Å². The fourth-order valence-electron chi connectivity index (χ4n) is 3.92. The Morgan fingerprint density at radius 2 is 2.08 bits per heavy atom. The van der Waals surface area contributed by atoms with E-state index < -0.39 is 0 Å². The minimum Gasteiger partial charge on any atom is -0.369 e. The van der Waals surface area contributed by atoms with Gasteiger partial charge in [0, 0.05) is 5.92 Å². The number of nitrogens with two attached hydrogens (primary N) is 1. The Kier molecular flexibility index (Phi) is 1.07. The van der Waals surface area contributed by atoms with E-state index >= 15 is 0 Å². The van der Waals surface area contributed by atoms with Crippen molar-refractivity contribution < 1.29 is 4.79 Å². The summed E-state index contributed by atoms with van der Waals surface area (Å²) in [5.41, 5.74) is 6.02. The van der Waals surface area contributed by atoms with Gasteiger partial charge in [-0.1, -0.05) is 0 Å². The monoisotopic (exact) mass is 165 g/mol. The van der Waals surface area contributed by atoms with Crippen molar-refractivity contribution in [3.63, 3.8) is 0 Å². The predicted octanol–water partition coefficient (Wildman–Crippen LogP) is 1.30. The van der Waals surface area contributed by atoms with Crippen LogP contribution in [0.4, 0.5) is 0 Å². The van der Waals surface area contributed by atoms with E-state index in [1.165, 1.54) is 25.7 Å². The summed E-state index contributed by atoms with van der Waals surface area (Å²) < 4.78 is 0. The molecule has 2 heteroatoms. The van der Waals surface area contributed by atoms with Crippen molar-refractivity contribution in [3.05, 3.63) is 0 Å². The molecule has 1 amide bonds. The van der Waals surface area contributed by atoms with Crippen LogP contribution >= 0.6 is 0 Å². The van der Waals surface area contributed by atoms with Gasteiger partial charge in [-0.05, 0) is 49.4 Å². The second-order valence-corrected chi connectivity index (χ2v) is 4.86. The Labute approximate surface area is 72.5 Å². The second-order valence-electron chi connectivity index (χ2n) is 4.86. The highest BCUT2D eigenvalue weighted by molar-refractivity contribution is 5.78. The highest BCUT2D eigenvalue weighted by atomic mass is 16.1. The lowest BCUT2D eigenvalue weighted by molar-refractivity contribution is -0.123. The molecule has 3 atom stereocenters. The van der Waals surface area contributed by atoms with E-state index in [-0.39, 0.29) is 11.8 Å². The highest BCUT2D eigenvalue weighted by Gasteiger charge is 2.65. The van der Waals surface area contributed by atoms with Gasteiger partial charge in [-0.15, -0.1) is 0 Å². The minimum absolute atomic E-state index is 0.0338. The SMILES string of the molecule is NC(=O)C1CC2CCC1C21CC1. The molecule has 0 heterocycles. The van der Waals surface area contributed by atoms with Crippen LogP contribution in [0.2, 0.25) is 0 Å². The van der Waals surface area contributed by atoms with Gasteiger partial charge in [-0.2, -0.15) is 0 Å². The van der Waals surface area contributed by atoms with E-state index in [1.807, 2.05) is 0 Å². The first-order valence-corrected chi connectivity index (χ1v) is 5.03. The fraction of sp³-hybridized carbons (Fsp3) is 0.900. The van der Waals surface area contributed by atoms with Gasteiger partial charge >= 0.3 is 0 Å². The summed E-state index contributed by atoms with van der Waals surface area (Å²) in [6.45, 7) is 0. The summed E-state index contributed by atoms with van der Waals surface area (Å²) in [5, 5.41) is 0. The molecule has 3 fully saturated rings. The summed E-state index contributed by atoms with van der Waals surface area (Å²) in [5.74, 6) is 1.75. The Hall–Kier alpha value is -0.530. The molecular weight excluding hydrogens is 150 g/mol. The van der Waals surface area contributed by atoms with Crippen molar-refractivity contribution in [3.8, 4) is 0 Å². The molecule has 3 saturated carbocycles. The number of hydrogen-bond acceptors (Lipinski definition) is 1. The van der Waals surface area contributed by atoms with Gasteiger partial charge < -0.3 is 5.73 Å². The molecule has 0 radical (unpaired) electrons. The van der Waals surface area contributed by atoms with Crippen molar-refractivity contribution in [2.45, 2.75) is 32.1 Å². The molecule has 3 aliphatic carbocycles. The van der Waals surface area contributed by atoms with E-state index in [4.69, 9.17) is 5.73 Å². The molecule has 3 aliphatic rings. The third-order valence-electron chi connectivity index (χ3n) is 4.59. The Morgan fingerprint density at radius 3 is 2.50 bits per heavy atom. The topological polar surface area (TPSA) is 43.1 Å². The van der Waals surface area contributed by atoms with Crippen molar-refractivity contribution in [1.29, 1.82) is 0 Å². The number of carbonyl (C=O) groups excluding carboxylic acids is 1. The predicted molar refractivity (Wildman–Crippen MR) is 45.2 cm³/mol. The van der Waals surface area contributed by atoms with Crippen LogP contribution in [0, 0.1) is 23.2 Å². The average molecular weight is 165 g/mol. The number of primary amides is 1. The van der Waals surface area contributed by atoms with Gasteiger partial charge in [0.1, 0.15) is 0 Å². The third-order valence-corrected chi connectivity index (χ3v) is 4.59. The summed E-state index contributed by atoms with van der Waals surface area (Å²) in [6.07, 6.45) is 6.52. The first-order valence-electron chi connectivity index (χ1n) is 5.03. The maximum absolute atomic E-state index is 11.1. The number of hydrogen-bond donors (Lipinski definition) is 1. The maximum atomic E-state index is 11.1. The normalized spacial score (nSPS) is 46.8. The molecule has 12 heavy (non-hydrogen) atoms. The lowest BCUT2D eigenvalue weighted by atomic mass is 9.87. The summed E-state index contributed by atoms with van der Waals surface area (Å²) in [6, 6.07) is 0. The van der Waals surface area contributed by atoms with Crippen LogP contribution in [0.1, 0.15) is 32.1 Å². The molecule has 3 unspecified atom stereocenters. The second kappa shape index (κ2) is 1.86. The third kappa shape index (κ3) is 0.606. The molecule has 0 aromatic rings. The van der Waals surface area contributed by atoms with Gasteiger partial charge in [0.2, 0.25) is 5.91 Å². The fourth-order valence-corrected chi connectivity index (χ4v) is 3.92. The smallest absolute Gasteiger partial charge is 0.220 e. The van der Waals surface area contributed by atoms with Crippen LogP contribution in [-0.2, 0) is 4.79 Å². The first-order chi connectivity index (χ1) is 5.74. The maximum Gasteiger partial charge on any atom is 0.220 e. The van der Waals surface area contributed by atoms with Crippen LogP contribution in [0.15, 0.2) is 0 Å². The molecule has 1 spiro atoms. The number of carbonyl (C=O) groups is 1. The minimum atomic E-state index is -0.0338. The van der Waals surface area contributed by atoms with Crippen molar-refractivity contribution >= 4 is 5.91 Å². The van der Waals surface area contributed by atoms with E-state index in [0.717, 1.165) is 12.3 Å². The molecule has 0 saturated heterocycles. The van der Waals surface area contributed by atoms with Crippen LogP contribution in [0.3, 0.4) is 0 Å². The average Bonchev–Trinajstić information content (AvgIpc) is 2.69. The summed E-state index contributed by atoms with van der Waals surface area (Å²) in [7, 11) is 0. The Bertz CT molecular complexity index is 244. The molecular formula is C10H15NO. The van der Waals surface area contributed by atoms with E-state index in [1.54, 1.807) is 0 Å². The molecule has 0 aliphatic heterocycles. The van der Waals surface area contributed by atoms with Crippen LogP contribution in [0.25, 0.3) is 0 Å². The quantitative estimate of drug-likeness (QED) is 0.625. The largest absolute Gasteiger partial charge is 0.369 e. The number of rotatable bonds is 1. The molecule has 3 rings (SSSR count). The van der Waals surface area contributed by atoms with Crippen molar-refractivity contribution in [1.82, 2.24) is 0 Å². The molecule has 2 N–H and O–H groups in total. The van der Waals surface area contributed by atoms with E-state index in [9.17, 15) is 4.79 Å². The highest BCUT2D eigenvalue weighted by Crippen LogP contribution is 2.72. The summed E-state index contributed by atoms with van der Waals surface area (Å²) in [4.78, 5) is 11.1. The molecule has 66 valence electrons.